The average molecular weight is 464 g/mol. The summed E-state index contributed by atoms with van der Waals surface area (Å²) in [7, 11) is 0. The fourth-order valence-electron chi connectivity index (χ4n) is 2.43. The number of nitrogens with one attached hydrogen (secondary N) is 1. The van der Waals surface area contributed by atoms with Crippen molar-refractivity contribution in [3.05, 3.63) is 56.5 Å². The molecular weight excluding hydrogens is 444 g/mol. The second-order valence-electron chi connectivity index (χ2n) is 5.72. The van der Waals surface area contributed by atoms with Gasteiger partial charge in [-0.25, -0.2) is 0 Å². The van der Waals surface area contributed by atoms with Crippen molar-refractivity contribution < 1.29 is 14.3 Å². The van der Waals surface area contributed by atoms with Crippen molar-refractivity contribution in [2.45, 2.75) is 20.8 Å². The van der Waals surface area contributed by atoms with E-state index >= 15 is 0 Å². The summed E-state index contributed by atoms with van der Waals surface area (Å²) in [5.41, 5.74) is 1.86. The maximum Gasteiger partial charge on any atom is 0.266 e. The van der Waals surface area contributed by atoms with Crippen molar-refractivity contribution in [2.24, 2.45) is 0 Å². The second-order valence-corrected chi connectivity index (χ2v) is 6.98. The van der Waals surface area contributed by atoms with Gasteiger partial charge in [-0.3, -0.25) is 4.79 Å². The minimum absolute atomic E-state index is 0.0494. The van der Waals surface area contributed by atoms with Crippen LogP contribution in [0.4, 0.5) is 5.69 Å². The molecule has 1 N–H and O–H groups in total. The van der Waals surface area contributed by atoms with Crippen LogP contribution in [-0.4, -0.2) is 19.1 Å². The molecule has 0 saturated carbocycles. The van der Waals surface area contributed by atoms with E-state index in [4.69, 9.17) is 21.1 Å². The Labute approximate surface area is 178 Å². The first kappa shape index (κ1) is 21.8. The van der Waals surface area contributed by atoms with Crippen LogP contribution in [0.1, 0.15) is 25.0 Å². The summed E-state index contributed by atoms with van der Waals surface area (Å²) in [6.07, 6.45) is 1.50. The van der Waals surface area contributed by atoms with E-state index in [1.807, 2.05) is 19.9 Å². The highest BCUT2D eigenvalue weighted by molar-refractivity contribution is 9.10. The van der Waals surface area contributed by atoms with Crippen LogP contribution in [0.3, 0.4) is 0 Å². The van der Waals surface area contributed by atoms with Crippen LogP contribution < -0.4 is 14.8 Å². The third-order valence-electron chi connectivity index (χ3n) is 3.84. The number of hydrogen-bond acceptors (Lipinski definition) is 4. The Balaban J connectivity index is 2.37. The zero-order chi connectivity index (χ0) is 20.7. The molecule has 0 radical (unpaired) electrons. The highest BCUT2D eigenvalue weighted by Gasteiger charge is 2.15. The lowest BCUT2D eigenvalue weighted by molar-refractivity contribution is -0.112. The second kappa shape index (κ2) is 10.2. The van der Waals surface area contributed by atoms with Crippen molar-refractivity contribution in [1.29, 1.82) is 5.26 Å². The molecule has 146 valence electrons. The van der Waals surface area contributed by atoms with Gasteiger partial charge in [0.05, 0.1) is 13.2 Å². The Hall–Kier alpha value is -2.49. The molecule has 0 fully saturated rings. The molecule has 2 rings (SSSR count). The van der Waals surface area contributed by atoms with Gasteiger partial charge in [0.1, 0.15) is 11.6 Å². The number of nitrogens with zero attached hydrogens (tertiary/aromatic N) is 1. The number of anilines is 1. The first-order chi connectivity index (χ1) is 13.4. The van der Waals surface area contributed by atoms with E-state index < -0.39 is 5.91 Å². The molecule has 0 unspecified atom stereocenters. The van der Waals surface area contributed by atoms with Crippen LogP contribution in [0.25, 0.3) is 6.08 Å². The maximum absolute atomic E-state index is 12.6. The third-order valence-corrected chi connectivity index (χ3v) is 4.94. The molecule has 0 bridgehead atoms. The molecule has 2 aromatic rings. The summed E-state index contributed by atoms with van der Waals surface area (Å²) >= 11 is 9.54. The highest BCUT2D eigenvalue weighted by Crippen LogP contribution is 2.35. The average Bonchev–Trinajstić information content (AvgIpc) is 2.66. The molecule has 28 heavy (non-hydrogen) atoms. The predicted molar refractivity (Wildman–Crippen MR) is 115 cm³/mol. The number of carbonyl (C=O) groups excluding carboxylic acids is 1. The molecular formula is C21H20BrClN2O3. The Morgan fingerprint density at radius 2 is 1.89 bits per heavy atom. The Bertz CT molecular complexity index is 951. The number of rotatable bonds is 7. The molecule has 1 amide bonds. The van der Waals surface area contributed by atoms with Crippen molar-refractivity contribution in [3.8, 4) is 17.6 Å². The van der Waals surface area contributed by atoms with Crippen LogP contribution in [0.2, 0.25) is 5.02 Å². The fraction of sp³-hybridized carbons (Fsp3) is 0.238. The molecule has 0 saturated heterocycles. The first-order valence-electron chi connectivity index (χ1n) is 8.68. The maximum atomic E-state index is 12.6. The summed E-state index contributed by atoms with van der Waals surface area (Å²) in [6.45, 7) is 6.50. The van der Waals surface area contributed by atoms with E-state index in [-0.39, 0.29) is 5.57 Å². The molecule has 0 atom stereocenters. The van der Waals surface area contributed by atoms with Crippen LogP contribution in [0.15, 0.2) is 40.4 Å². The standard InChI is InChI=1S/C21H20BrClN2O3/c1-4-27-19-10-14(16(22)11-20(19)28-5-2)9-15(12-24)21(26)25-18-8-6-7-17(23)13(18)3/h6-11H,4-5H2,1-3H3,(H,25,26)/b15-9+. The number of amides is 1. The van der Waals surface area contributed by atoms with Crippen LogP contribution in [0.5, 0.6) is 11.5 Å². The quantitative estimate of drug-likeness (QED) is 0.419. The SMILES string of the molecule is CCOc1cc(Br)c(/C=C(\C#N)C(=O)Nc2cccc(Cl)c2C)cc1OCC. The first-order valence-corrected chi connectivity index (χ1v) is 9.85. The predicted octanol–water partition coefficient (Wildman–Crippen LogP) is 5.75. The van der Waals surface area contributed by atoms with Gasteiger partial charge >= 0.3 is 0 Å². The minimum Gasteiger partial charge on any atom is -0.490 e. The van der Waals surface area contributed by atoms with E-state index in [1.54, 1.807) is 37.3 Å². The zero-order valence-corrected chi connectivity index (χ0v) is 18.1. The third kappa shape index (κ3) is 5.28. The molecule has 0 aliphatic carbocycles. The summed E-state index contributed by atoms with van der Waals surface area (Å²) in [5.74, 6) is 0.611. The van der Waals surface area contributed by atoms with Gasteiger partial charge < -0.3 is 14.8 Å². The van der Waals surface area contributed by atoms with Crippen molar-refractivity contribution in [1.82, 2.24) is 0 Å². The van der Waals surface area contributed by atoms with Crippen LogP contribution in [0, 0.1) is 18.3 Å². The van der Waals surface area contributed by atoms with Crippen LogP contribution in [-0.2, 0) is 4.79 Å². The normalized spacial score (nSPS) is 10.9. The molecule has 0 heterocycles. The molecule has 0 aliphatic rings. The van der Waals surface area contributed by atoms with Gasteiger partial charge in [-0.1, -0.05) is 33.6 Å². The van der Waals surface area contributed by atoms with Gasteiger partial charge in [-0.15, -0.1) is 0 Å². The smallest absolute Gasteiger partial charge is 0.266 e. The van der Waals surface area contributed by atoms with Gasteiger partial charge in [0.2, 0.25) is 0 Å². The summed E-state index contributed by atoms with van der Waals surface area (Å²) in [4.78, 5) is 12.6. The van der Waals surface area contributed by atoms with Gasteiger partial charge in [-0.05, 0) is 62.2 Å². The van der Waals surface area contributed by atoms with Gasteiger partial charge in [-0.2, -0.15) is 5.26 Å². The zero-order valence-electron chi connectivity index (χ0n) is 15.8. The van der Waals surface area contributed by atoms with E-state index in [1.165, 1.54) is 6.08 Å². The minimum atomic E-state index is -0.522. The number of carbonyl (C=O) groups is 1. The summed E-state index contributed by atoms with van der Waals surface area (Å²) in [5, 5.41) is 12.8. The summed E-state index contributed by atoms with van der Waals surface area (Å²) in [6, 6.07) is 10.6. The highest BCUT2D eigenvalue weighted by atomic mass is 79.9. The van der Waals surface area contributed by atoms with Crippen LogP contribution >= 0.6 is 27.5 Å². The van der Waals surface area contributed by atoms with Gasteiger partial charge in [0.25, 0.3) is 5.91 Å². The van der Waals surface area contributed by atoms with E-state index in [2.05, 4.69) is 21.2 Å². The summed E-state index contributed by atoms with van der Waals surface area (Å²) < 4.78 is 11.9. The van der Waals surface area contributed by atoms with Crippen molar-refractivity contribution >= 4 is 45.2 Å². The van der Waals surface area contributed by atoms with E-state index in [0.717, 1.165) is 5.56 Å². The molecule has 5 nitrogen and oxygen atoms in total. The Morgan fingerprint density at radius 1 is 1.25 bits per heavy atom. The number of hydrogen-bond donors (Lipinski definition) is 1. The largest absolute Gasteiger partial charge is 0.490 e. The Morgan fingerprint density at radius 3 is 2.50 bits per heavy atom. The van der Waals surface area contributed by atoms with E-state index in [0.29, 0.717) is 45.5 Å². The lowest BCUT2D eigenvalue weighted by Crippen LogP contribution is -2.14. The van der Waals surface area contributed by atoms with Gasteiger partial charge in [0.15, 0.2) is 11.5 Å². The van der Waals surface area contributed by atoms with Crippen molar-refractivity contribution in [3.63, 3.8) is 0 Å². The molecule has 7 heteroatoms. The lowest BCUT2D eigenvalue weighted by atomic mass is 10.1. The number of nitriles is 1. The number of benzene rings is 2. The molecule has 2 aromatic carbocycles. The monoisotopic (exact) mass is 462 g/mol. The molecule has 0 aromatic heterocycles. The van der Waals surface area contributed by atoms with Crippen molar-refractivity contribution in [2.75, 3.05) is 18.5 Å². The fourth-order valence-corrected chi connectivity index (χ4v) is 3.05. The Kier molecular flexibility index (Phi) is 7.91. The molecule has 0 spiro atoms. The lowest BCUT2D eigenvalue weighted by Gasteiger charge is -2.13. The number of halogens is 2. The number of ether oxygens (including phenoxy) is 2. The molecule has 0 aliphatic heterocycles. The topological polar surface area (TPSA) is 71.3 Å². The van der Waals surface area contributed by atoms with E-state index in [9.17, 15) is 10.1 Å². The van der Waals surface area contributed by atoms with Gasteiger partial charge in [0, 0.05) is 15.2 Å².